The van der Waals surface area contributed by atoms with E-state index in [1.807, 2.05) is 25.1 Å². The Morgan fingerprint density at radius 3 is 2.45 bits per heavy atom. The molecular formula is C30H40ClN3O4. The molecule has 2 amide bonds. The van der Waals surface area contributed by atoms with Crippen LogP contribution in [0.1, 0.15) is 74.2 Å². The van der Waals surface area contributed by atoms with E-state index in [4.69, 9.17) is 16.3 Å². The third-order valence-electron chi connectivity index (χ3n) is 8.17. The summed E-state index contributed by atoms with van der Waals surface area (Å²) in [7, 11) is 1.59. The monoisotopic (exact) mass is 541 g/mol. The third kappa shape index (κ3) is 6.62. The molecule has 2 aromatic carbocycles. The predicted molar refractivity (Wildman–Crippen MR) is 152 cm³/mol. The second-order valence-corrected chi connectivity index (χ2v) is 11.1. The number of fused-ring (bicyclic) bond motifs is 2. The molecule has 2 fully saturated rings. The maximum Gasteiger partial charge on any atom is 0.412 e. The summed E-state index contributed by atoms with van der Waals surface area (Å²) in [6.07, 6.45) is 6.88. The van der Waals surface area contributed by atoms with Gasteiger partial charge in [0.25, 0.3) is 5.91 Å². The number of nitrogens with one attached hydrogen (secondary N) is 1. The van der Waals surface area contributed by atoms with E-state index in [0.717, 1.165) is 57.1 Å². The van der Waals surface area contributed by atoms with Gasteiger partial charge < -0.3 is 15.2 Å². The van der Waals surface area contributed by atoms with Crippen LogP contribution in [0.2, 0.25) is 5.02 Å². The van der Waals surface area contributed by atoms with Gasteiger partial charge >= 0.3 is 6.09 Å². The van der Waals surface area contributed by atoms with Crippen molar-refractivity contribution in [3.63, 3.8) is 0 Å². The Balaban J connectivity index is 1.37. The van der Waals surface area contributed by atoms with Gasteiger partial charge in [0.15, 0.2) is 0 Å². The Hall–Kier alpha value is -2.77. The van der Waals surface area contributed by atoms with Gasteiger partial charge in [-0.2, -0.15) is 0 Å². The molecule has 2 bridgehead atoms. The number of hydrogen-bond acceptors (Lipinski definition) is 4. The van der Waals surface area contributed by atoms with Crippen molar-refractivity contribution in [2.24, 2.45) is 0 Å². The predicted octanol–water partition coefficient (Wildman–Crippen LogP) is 6.52. The molecule has 7 nitrogen and oxygen atoms in total. The lowest BCUT2D eigenvalue weighted by atomic mass is 9.80. The number of benzene rings is 2. The van der Waals surface area contributed by atoms with Gasteiger partial charge in [-0.05, 0) is 100 Å². The molecule has 0 saturated carbocycles. The van der Waals surface area contributed by atoms with E-state index in [1.165, 1.54) is 6.42 Å². The molecule has 2 heterocycles. The molecule has 2 aromatic rings. The van der Waals surface area contributed by atoms with Gasteiger partial charge in [-0.25, -0.2) is 4.79 Å². The first-order chi connectivity index (χ1) is 18.3. The van der Waals surface area contributed by atoms with Gasteiger partial charge in [0.2, 0.25) is 0 Å². The normalized spacial score (nSPS) is 21.9. The summed E-state index contributed by atoms with van der Waals surface area (Å²) in [5.41, 5.74) is 2.27. The van der Waals surface area contributed by atoms with Crippen molar-refractivity contribution in [1.29, 1.82) is 0 Å². The van der Waals surface area contributed by atoms with Crippen LogP contribution in [0.15, 0.2) is 42.5 Å². The molecule has 0 aromatic heterocycles. The summed E-state index contributed by atoms with van der Waals surface area (Å²) < 4.78 is 5.53. The third-order valence-corrected chi connectivity index (χ3v) is 8.42. The van der Waals surface area contributed by atoms with Gasteiger partial charge in [-0.3, -0.25) is 14.6 Å². The fourth-order valence-electron chi connectivity index (χ4n) is 6.24. The standard InChI is InChI=1S/C30H40ClN3O4/c1-4-23(32-29(35)21-11-13-22(31)14-12-21)7-6-16-33-24-8-5-9-25(33)19-26(18-24)34(30(36)37)27-17-20(2)10-15-28(27)38-3/h10-15,17,23-26H,4-9,16,18-19H2,1-3H3,(H,32,35)(H,36,37). The maximum absolute atomic E-state index is 12.7. The number of carbonyl (C=O) groups is 2. The smallest absolute Gasteiger partial charge is 0.412 e. The number of anilines is 1. The lowest BCUT2D eigenvalue weighted by molar-refractivity contribution is 0.0282. The molecule has 2 N–H and O–H groups in total. The van der Waals surface area contributed by atoms with Crippen LogP contribution in [0.4, 0.5) is 10.5 Å². The number of hydrogen-bond donors (Lipinski definition) is 2. The molecule has 38 heavy (non-hydrogen) atoms. The van der Waals surface area contributed by atoms with Crippen molar-refractivity contribution in [3.05, 3.63) is 58.6 Å². The van der Waals surface area contributed by atoms with E-state index in [2.05, 4.69) is 17.1 Å². The Labute approximate surface area is 231 Å². The summed E-state index contributed by atoms with van der Waals surface area (Å²) >= 11 is 5.95. The van der Waals surface area contributed by atoms with Gasteiger partial charge in [0.05, 0.1) is 12.8 Å². The largest absolute Gasteiger partial charge is 0.495 e. The fraction of sp³-hybridized carbons (Fsp3) is 0.533. The topological polar surface area (TPSA) is 82.1 Å². The number of ether oxygens (including phenoxy) is 1. The first-order valence-electron chi connectivity index (χ1n) is 13.8. The second-order valence-electron chi connectivity index (χ2n) is 10.7. The van der Waals surface area contributed by atoms with E-state index in [9.17, 15) is 14.7 Å². The molecule has 8 heteroatoms. The molecule has 0 radical (unpaired) electrons. The molecule has 0 aliphatic carbocycles. The van der Waals surface area contributed by atoms with E-state index in [1.54, 1.807) is 36.3 Å². The highest BCUT2D eigenvalue weighted by Gasteiger charge is 2.42. The second kappa shape index (κ2) is 12.9. The van der Waals surface area contributed by atoms with E-state index < -0.39 is 6.09 Å². The van der Waals surface area contributed by atoms with Crippen molar-refractivity contribution in [3.8, 4) is 5.75 Å². The average Bonchev–Trinajstić information content (AvgIpc) is 2.88. The summed E-state index contributed by atoms with van der Waals surface area (Å²) in [5, 5.41) is 14.0. The van der Waals surface area contributed by atoms with Crippen molar-refractivity contribution < 1.29 is 19.4 Å². The van der Waals surface area contributed by atoms with E-state index in [0.29, 0.717) is 34.1 Å². The van der Waals surface area contributed by atoms with Crippen LogP contribution in [0.3, 0.4) is 0 Å². The van der Waals surface area contributed by atoms with Gasteiger partial charge in [-0.15, -0.1) is 0 Å². The lowest BCUT2D eigenvalue weighted by Gasteiger charge is -2.51. The zero-order valence-electron chi connectivity index (χ0n) is 22.7. The molecule has 206 valence electrons. The van der Waals surface area contributed by atoms with Crippen molar-refractivity contribution >= 4 is 29.3 Å². The van der Waals surface area contributed by atoms with Crippen molar-refractivity contribution in [1.82, 2.24) is 10.2 Å². The zero-order valence-corrected chi connectivity index (χ0v) is 23.4. The van der Waals surface area contributed by atoms with Crippen LogP contribution in [0.25, 0.3) is 0 Å². The first kappa shape index (κ1) is 28.2. The Kier molecular flexibility index (Phi) is 9.55. The lowest BCUT2D eigenvalue weighted by Crippen LogP contribution is -2.58. The molecule has 3 unspecified atom stereocenters. The number of halogens is 1. The molecule has 4 rings (SSSR count). The highest BCUT2D eigenvalue weighted by atomic mass is 35.5. The quantitative estimate of drug-likeness (QED) is 0.358. The summed E-state index contributed by atoms with van der Waals surface area (Å²) in [5.74, 6) is 0.531. The first-order valence-corrected chi connectivity index (χ1v) is 14.2. The zero-order chi connectivity index (χ0) is 27.2. The number of piperidine rings is 2. The van der Waals surface area contributed by atoms with Crippen LogP contribution in [-0.4, -0.2) is 59.8 Å². The minimum absolute atomic E-state index is 0.0634. The molecule has 2 aliphatic heterocycles. The summed E-state index contributed by atoms with van der Waals surface area (Å²) in [6, 6.07) is 13.5. The summed E-state index contributed by atoms with van der Waals surface area (Å²) in [4.78, 5) is 29.3. The number of carboxylic acid groups (broad SMARTS) is 1. The van der Waals surface area contributed by atoms with Crippen LogP contribution in [0.5, 0.6) is 5.75 Å². The summed E-state index contributed by atoms with van der Waals surface area (Å²) in [6.45, 7) is 5.05. The number of nitrogens with zero attached hydrogens (tertiary/aromatic N) is 2. The van der Waals surface area contributed by atoms with Crippen LogP contribution < -0.4 is 15.0 Å². The van der Waals surface area contributed by atoms with Crippen LogP contribution >= 0.6 is 11.6 Å². The molecule has 3 atom stereocenters. The van der Waals surface area contributed by atoms with Gasteiger partial charge in [0, 0.05) is 34.8 Å². The Morgan fingerprint density at radius 1 is 1.16 bits per heavy atom. The van der Waals surface area contributed by atoms with Gasteiger partial charge in [0.1, 0.15) is 5.75 Å². The van der Waals surface area contributed by atoms with E-state index >= 15 is 0 Å². The molecular weight excluding hydrogens is 502 g/mol. The molecule has 0 spiro atoms. The number of carbonyl (C=O) groups excluding carboxylic acids is 1. The number of rotatable bonds is 10. The fourth-order valence-corrected chi connectivity index (χ4v) is 6.36. The SMILES string of the molecule is CCC(CCCN1C2CCCC1CC(N(C(=O)O)c1cc(C)ccc1OC)C2)NC(=O)c1ccc(Cl)cc1. The number of aryl methyl sites for hydroxylation is 1. The van der Waals surface area contributed by atoms with Crippen molar-refractivity contribution in [2.75, 3.05) is 18.6 Å². The highest BCUT2D eigenvalue weighted by molar-refractivity contribution is 6.30. The minimum atomic E-state index is -0.923. The average molecular weight is 542 g/mol. The Bertz CT molecular complexity index is 1100. The maximum atomic E-state index is 12.7. The van der Waals surface area contributed by atoms with E-state index in [-0.39, 0.29) is 18.0 Å². The molecule has 2 aliphatic rings. The minimum Gasteiger partial charge on any atom is -0.495 e. The van der Waals surface area contributed by atoms with Crippen LogP contribution in [0, 0.1) is 6.92 Å². The number of methoxy groups -OCH3 is 1. The van der Waals surface area contributed by atoms with Gasteiger partial charge in [-0.1, -0.05) is 31.0 Å². The van der Waals surface area contributed by atoms with Crippen molar-refractivity contribution in [2.45, 2.75) is 89.4 Å². The number of amides is 2. The Morgan fingerprint density at radius 2 is 1.84 bits per heavy atom. The highest BCUT2D eigenvalue weighted by Crippen LogP contribution is 2.40. The van der Waals surface area contributed by atoms with Crippen LogP contribution in [-0.2, 0) is 0 Å². The molecule has 2 saturated heterocycles.